The normalized spacial score (nSPS) is 18.3. The van der Waals surface area contributed by atoms with Gasteiger partial charge in [0.05, 0.1) is 16.8 Å². The topological polar surface area (TPSA) is 3.24 Å². The predicted octanol–water partition coefficient (Wildman–Crippen LogP) is 16.2. The van der Waals surface area contributed by atoms with E-state index in [1.165, 1.54) is 102 Å². The van der Waals surface area contributed by atoms with E-state index >= 15 is 0 Å². The Balaban J connectivity index is 1.42. The molecule has 10 rings (SSSR count). The highest BCUT2D eigenvalue weighted by Gasteiger charge is 2.48. The van der Waals surface area contributed by atoms with Crippen molar-refractivity contribution in [2.75, 3.05) is 4.90 Å². The number of aryl methyl sites for hydroxylation is 1. The maximum absolute atomic E-state index is 2.69. The lowest BCUT2D eigenvalue weighted by Crippen LogP contribution is -2.36. The minimum atomic E-state index is -0.534. The fourth-order valence-electron chi connectivity index (χ4n) is 11.9. The fraction of sp³-hybridized carbons (Fsp3) is 0.300. The predicted molar refractivity (Wildman–Crippen MR) is 259 cm³/mol. The first-order valence-corrected chi connectivity index (χ1v) is 22.7. The third-order valence-corrected chi connectivity index (χ3v) is 15.3. The summed E-state index contributed by atoms with van der Waals surface area (Å²) in [7, 11) is 0. The van der Waals surface area contributed by atoms with Gasteiger partial charge in [-0.05, 0) is 145 Å². The van der Waals surface area contributed by atoms with Crippen LogP contribution in [0, 0.1) is 6.92 Å². The van der Waals surface area contributed by atoms with Crippen molar-refractivity contribution < 1.29 is 0 Å². The summed E-state index contributed by atoms with van der Waals surface area (Å²) in [5, 5.41) is 0. The lowest BCUT2D eigenvalue weighted by atomic mass is 9.61. The maximum atomic E-state index is 2.69. The molecule has 0 aliphatic heterocycles. The minimum absolute atomic E-state index is 0.00110. The van der Waals surface area contributed by atoms with Gasteiger partial charge in [0.1, 0.15) is 0 Å². The van der Waals surface area contributed by atoms with Crippen LogP contribution in [0.1, 0.15) is 131 Å². The van der Waals surface area contributed by atoms with Gasteiger partial charge in [0.25, 0.3) is 0 Å². The molecule has 0 aromatic heterocycles. The molecule has 1 heteroatoms. The van der Waals surface area contributed by atoms with Crippen LogP contribution in [0.15, 0.2) is 158 Å². The molecule has 0 heterocycles. The SMILES string of the molecule is Cc1ccc2c(c1N(c1ccccc1)c1cc3c(cc1-c1cccc4c1C(C)(C)CCC4(C)C)-c1ccccc1C3(c1ccccc1)c1ccccc1)C(C)(C)CCC2(C)C. The Morgan fingerprint density at radius 2 is 0.869 bits per heavy atom. The molecule has 61 heavy (non-hydrogen) atoms. The smallest absolute Gasteiger partial charge is 0.0714 e. The van der Waals surface area contributed by atoms with Gasteiger partial charge in [0, 0.05) is 11.3 Å². The zero-order valence-electron chi connectivity index (χ0n) is 37.8. The first kappa shape index (κ1) is 39.5. The molecule has 0 amide bonds. The van der Waals surface area contributed by atoms with E-state index in [1.54, 1.807) is 0 Å². The number of hydrogen-bond acceptors (Lipinski definition) is 1. The van der Waals surface area contributed by atoms with Gasteiger partial charge in [-0.2, -0.15) is 0 Å². The van der Waals surface area contributed by atoms with Crippen molar-refractivity contribution in [3.63, 3.8) is 0 Å². The molecule has 0 atom stereocenters. The zero-order chi connectivity index (χ0) is 42.5. The molecule has 0 bridgehead atoms. The molecule has 1 nitrogen and oxygen atoms in total. The Morgan fingerprint density at radius 1 is 0.377 bits per heavy atom. The van der Waals surface area contributed by atoms with Crippen molar-refractivity contribution in [1.82, 2.24) is 0 Å². The van der Waals surface area contributed by atoms with Crippen LogP contribution in [0.5, 0.6) is 0 Å². The van der Waals surface area contributed by atoms with Crippen molar-refractivity contribution in [3.05, 3.63) is 208 Å². The molecule has 7 aromatic rings. The molecule has 0 fully saturated rings. The van der Waals surface area contributed by atoms with E-state index in [0.717, 1.165) is 12.8 Å². The highest BCUT2D eigenvalue weighted by atomic mass is 15.2. The lowest BCUT2D eigenvalue weighted by molar-refractivity contribution is 0.332. The van der Waals surface area contributed by atoms with Gasteiger partial charge in [-0.3, -0.25) is 0 Å². The minimum Gasteiger partial charge on any atom is -0.309 e. The van der Waals surface area contributed by atoms with E-state index in [1.807, 2.05) is 0 Å². The summed E-state index contributed by atoms with van der Waals surface area (Å²) in [5.74, 6) is 0. The second-order valence-corrected chi connectivity index (χ2v) is 21.0. The van der Waals surface area contributed by atoms with E-state index in [2.05, 4.69) is 225 Å². The van der Waals surface area contributed by atoms with E-state index in [9.17, 15) is 0 Å². The summed E-state index contributed by atoms with van der Waals surface area (Å²) in [6, 6.07) is 60.4. The van der Waals surface area contributed by atoms with Gasteiger partial charge in [-0.25, -0.2) is 0 Å². The largest absolute Gasteiger partial charge is 0.309 e. The quantitative estimate of drug-likeness (QED) is 0.162. The molecule has 0 spiro atoms. The molecule has 3 aliphatic rings. The Hall–Kier alpha value is -5.66. The maximum Gasteiger partial charge on any atom is 0.0714 e. The van der Waals surface area contributed by atoms with Crippen LogP contribution in [0.3, 0.4) is 0 Å². The highest BCUT2D eigenvalue weighted by molar-refractivity contribution is 5.98. The monoisotopic (exact) mass is 795 g/mol. The molecule has 0 saturated carbocycles. The molecule has 7 aromatic carbocycles. The van der Waals surface area contributed by atoms with E-state index in [4.69, 9.17) is 0 Å². The number of fused-ring (bicyclic) bond motifs is 5. The number of rotatable bonds is 6. The molecule has 0 radical (unpaired) electrons. The van der Waals surface area contributed by atoms with Gasteiger partial charge >= 0.3 is 0 Å². The Morgan fingerprint density at radius 3 is 1.49 bits per heavy atom. The van der Waals surface area contributed by atoms with Gasteiger partial charge in [-0.1, -0.05) is 189 Å². The van der Waals surface area contributed by atoms with Crippen LogP contribution in [0.4, 0.5) is 17.1 Å². The summed E-state index contributed by atoms with van der Waals surface area (Å²) < 4.78 is 0. The molecular formula is C60H61N. The molecule has 306 valence electrons. The van der Waals surface area contributed by atoms with Crippen molar-refractivity contribution in [1.29, 1.82) is 0 Å². The molecule has 0 unspecified atom stereocenters. The fourth-order valence-corrected chi connectivity index (χ4v) is 11.9. The Bertz CT molecular complexity index is 2760. The number of hydrogen-bond donors (Lipinski definition) is 0. The van der Waals surface area contributed by atoms with E-state index < -0.39 is 5.41 Å². The van der Waals surface area contributed by atoms with E-state index in [-0.39, 0.29) is 21.7 Å². The van der Waals surface area contributed by atoms with Crippen molar-refractivity contribution in [2.45, 2.75) is 115 Å². The van der Waals surface area contributed by atoms with E-state index in [0.29, 0.717) is 0 Å². The zero-order valence-corrected chi connectivity index (χ0v) is 37.8. The summed E-state index contributed by atoms with van der Waals surface area (Å²) in [6.07, 6.45) is 4.63. The Labute approximate surface area is 365 Å². The van der Waals surface area contributed by atoms with Crippen LogP contribution < -0.4 is 4.90 Å². The van der Waals surface area contributed by atoms with Crippen LogP contribution >= 0.6 is 0 Å². The van der Waals surface area contributed by atoms with Crippen LogP contribution in [-0.2, 0) is 27.1 Å². The van der Waals surface area contributed by atoms with Gasteiger partial charge in [0.2, 0.25) is 0 Å². The molecule has 3 aliphatic carbocycles. The first-order chi connectivity index (χ1) is 29.2. The van der Waals surface area contributed by atoms with Crippen LogP contribution in [0.25, 0.3) is 22.3 Å². The first-order valence-electron chi connectivity index (χ1n) is 22.7. The summed E-state index contributed by atoms with van der Waals surface area (Å²) >= 11 is 0. The Kier molecular flexibility index (Phi) is 9.02. The summed E-state index contributed by atoms with van der Waals surface area (Å²) in [6.45, 7) is 22.1. The van der Waals surface area contributed by atoms with Gasteiger partial charge in [0.15, 0.2) is 0 Å². The third-order valence-electron chi connectivity index (χ3n) is 15.3. The second kappa shape index (κ2) is 13.9. The van der Waals surface area contributed by atoms with Gasteiger partial charge in [-0.15, -0.1) is 0 Å². The van der Waals surface area contributed by atoms with Gasteiger partial charge < -0.3 is 4.90 Å². The third kappa shape index (κ3) is 5.94. The lowest BCUT2D eigenvalue weighted by Gasteiger charge is -2.46. The summed E-state index contributed by atoms with van der Waals surface area (Å²) in [4.78, 5) is 2.69. The molecule has 0 N–H and O–H groups in total. The van der Waals surface area contributed by atoms with Crippen molar-refractivity contribution >= 4 is 17.1 Å². The number of anilines is 3. The number of para-hydroxylation sites is 1. The molecular weight excluding hydrogens is 735 g/mol. The number of benzene rings is 7. The standard InChI is InChI=1S/C60H61N/c1-40-32-33-50-54(59(8,9)37-35-57(50,4)5)55(40)61(43-26-17-12-18-27-43)52-39-51-46(38-47(52)45-29-21-31-49-53(45)58(6,7)36-34-56(49,2)3)44-28-19-20-30-48(44)60(51,41-22-13-10-14-23-41)42-24-15-11-16-25-42/h10-33,38-39H,34-37H2,1-9H3. The van der Waals surface area contributed by atoms with Crippen molar-refractivity contribution in [3.8, 4) is 22.3 Å². The second-order valence-electron chi connectivity index (χ2n) is 21.0. The molecule has 0 saturated heterocycles. The van der Waals surface area contributed by atoms with Crippen molar-refractivity contribution in [2.24, 2.45) is 0 Å². The van der Waals surface area contributed by atoms with Crippen LogP contribution in [-0.4, -0.2) is 0 Å². The average Bonchev–Trinajstić information content (AvgIpc) is 3.55. The average molecular weight is 796 g/mol. The highest BCUT2D eigenvalue weighted by Crippen LogP contribution is 2.61. The summed E-state index contributed by atoms with van der Waals surface area (Å²) in [5.41, 5.74) is 21.1. The number of nitrogens with zero attached hydrogens (tertiary/aromatic N) is 1. The van der Waals surface area contributed by atoms with Crippen LogP contribution in [0.2, 0.25) is 0 Å².